The van der Waals surface area contributed by atoms with Crippen molar-refractivity contribution in [2.75, 3.05) is 37.7 Å². The number of carbonyl (C=O) groups is 11. The number of nitrogens with two attached hydrogens (primary N) is 3. The fourth-order valence-corrected chi connectivity index (χ4v) is 10.7. The van der Waals surface area contributed by atoms with E-state index in [2.05, 4.69) is 62.8 Å². The van der Waals surface area contributed by atoms with Crippen LogP contribution in [-0.4, -0.2) is 178 Å². The first-order valence-electron chi connectivity index (χ1n) is 24.7. The van der Waals surface area contributed by atoms with E-state index in [4.69, 9.17) is 17.2 Å². The van der Waals surface area contributed by atoms with Crippen LogP contribution in [0, 0.1) is 0 Å². The predicted octanol–water partition coefficient (Wildman–Crippen LogP) is -3.91. The van der Waals surface area contributed by atoms with E-state index in [1.807, 2.05) is 6.07 Å². The lowest BCUT2D eigenvalue weighted by atomic mass is 10.0. The molecule has 418 valence electrons. The topological polar surface area (TPSA) is 438 Å². The molecule has 4 heterocycles. The number of amides is 11. The number of aromatic amines is 1. The average molecular weight is 1120 g/mol. The number of aliphatic carboxylic acids is 1. The summed E-state index contributed by atoms with van der Waals surface area (Å²) in [7, 11) is 1.83. The largest absolute Gasteiger partial charge is 0.481 e. The van der Waals surface area contributed by atoms with Crippen molar-refractivity contribution >= 4 is 110 Å². The summed E-state index contributed by atoms with van der Waals surface area (Å²) in [4.78, 5) is 162. The summed E-state index contributed by atoms with van der Waals surface area (Å²) < 4.78 is 0. The van der Waals surface area contributed by atoms with Gasteiger partial charge in [-0.2, -0.15) is 0 Å². The quantitative estimate of drug-likeness (QED) is 0.0202. The Bertz CT molecular complexity index is 2750. The summed E-state index contributed by atoms with van der Waals surface area (Å²) in [6.07, 6.45) is 1.48. The van der Waals surface area contributed by atoms with Gasteiger partial charge in [-0.1, -0.05) is 70.1 Å². The number of imide groups is 1. The number of guanidine groups is 1. The van der Waals surface area contributed by atoms with Crippen molar-refractivity contribution < 1.29 is 57.8 Å². The molecule has 1 aromatic heterocycles. The maximum absolute atomic E-state index is 14.7. The van der Waals surface area contributed by atoms with Crippen molar-refractivity contribution in [3.05, 3.63) is 71.9 Å². The molecule has 0 spiro atoms. The highest BCUT2D eigenvalue weighted by Gasteiger charge is 2.37. The van der Waals surface area contributed by atoms with Crippen LogP contribution in [0.4, 0.5) is 4.79 Å². The van der Waals surface area contributed by atoms with Crippen molar-refractivity contribution in [3.8, 4) is 0 Å². The zero-order valence-electron chi connectivity index (χ0n) is 42.0. The van der Waals surface area contributed by atoms with Crippen molar-refractivity contribution in [1.29, 1.82) is 0 Å². The van der Waals surface area contributed by atoms with Gasteiger partial charge in [0.05, 0.1) is 19.4 Å². The van der Waals surface area contributed by atoms with Gasteiger partial charge >= 0.3 is 12.0 Å². The summed E-state index contributed by atoms with van der Waals surface area (Å²) >= 11 is 0. The van der Waals surface area contributed by atoms with Gasteiger partial charge in [-0.3, -0.25) is 62.8 Å². The van der Waals surface area contributed by atoms with Crippen molar-refractivity contribution in [2.45, 2.75) is 93.3 Å². The molecule has 2 aromatic carbocycles. The van der Waals surface area contributed by atoms with E-state index in [1.165, 1.54) is 6.34 Å². The fraction of sp³-hybridized carbons (Fsp3) is 0.438. The Labute approximate surface area is 454 Å². The van der Waals surface area contributed by atoms with Crippen LogP contribution < -0.4 is 65.1 Å². The second kappa shape index (κ2) is 28.6. The Kier molecular flexibility index (Phi) is 21.6. The number of rotatable bonds is 17. The third kappa shape index (κ3) is 17.6. The number of carboxylic acids is 1. The van der Waals surface area contributed by atoms with Gasteiger partial charge in [-0.25, -0.2) is 4.79 Å². The number of aliphatic imine (C=N–C) groups is 2. The summed E-state index contributed by atoms with van der Waals surface area (Å²) in [6, 6.07) is 3.91. The molecule has 0 radical (unpaired) electrons. The highest BCUT2D eigenvalue weighted by Crippen LogP contribution is 2.24. The monoisotopic (exact) mass is 1120 g/mol. The van der Waals surface area contributed by atoms with Crippen molar-refractivity contribution in [1.82, 2.24) is 57.7 Å². The van der Waals surface area contributed by atoms with Gasteiger partial charge in [0.15, 0.2) is 5.96 Å². The minimum atomic E-state index is -1.67. The van der Waals surface area contributed by atoms with E-state index in [-0.39, 0.29) is 69.2 Å². The Hall–Kier alpha value is -8.41. The van der Waals surface area contributed by atoms with Crippen molar-refractivity contribution in [3.63, 3.8) is 0 Å². The molecule has 0 saturated carbocycles. The SMILES string of the molecule is NC(=O)[C@@H]1CSSC[C@H](NC(=O)CN2C(=O)CNC2=O)C(=O)N[C@@H](CCC(=O)O)C(=O)N[C@@H](CC2CN=CN2)C(=O)N[C@H](Cc2ccccc2)C(=O)N[C@@H](CCCN=C(N)N)C(=O)NC(Cc2c[nH]c3ccccc23)C(=O)N1. The van der Waals surface area contributed by atoms with Crippen LogP contribution in [0.3, 0.4) is 0 Å². The molecule has 78 heavy (non-hydrogen) atoms. The molecule has 8 atom stereocenters. The number of H-pyrrole nitrogens is 1. The summed E-state index contributed by atoms with van der Waals surface area (Å²) in [6.45, 7) is -0.979. The van der Waals surface area contributed by atoms with Gasteiger partial charge < -0.3 is 75.1 Å². The molecule has 30 heteroatoms. The van der Waals surface area contributed by atoms with Crippen LogP contribution >= 0.6 is 21.6 Å². The molecular weight excluding hydrogens is 1060 g/mol. The van der Waals surface area contributed by atoms with E-state index in [0.717, 1.165) is 27.1 Å². The van der Waals surface area contributed by atoms with E-state index >= 15 is 0 Å². The number of carboxylic acid groups (broad SMARTS) is 1. The first-order valence-corrected chi connectivity index (χ1v) is 27.2. The van der Waals surface area contributed by atoms with Gasteiger partial charge in [-0.05, 0) is 42.9 Å². The Morgan fingerprint density at radius 2 is 1.35 bits per heavy atom. The molecule has 3 aliphatic heterocycles. The minimum absolute atomic E-state index is 0.0288. The lowest BCUT2D eigenvalue weighted by molar-refractivity contribution is -0.138. The number of fused-ring (bicyclic) bond motifs is 1. The van der Waals surface area contributed by atoms with Crippen LogP contribution in [0.1, 0.15) is 43.2 Å². The Morgan fingerprint density at radius 3 is 2.01 bits per heavy atom. The molecule has 28 nitrogen and oxygen atoms in total. The second-order valence-electron chi connectivity index (χ2n) is 18.3. The zero-order chi connectivity index (χ0) is 56.3. The lowest BCUT2D eigenvalue weighted by Gasteiger charge is -2.28. The molecular formula is C48H62N16O12S2. The number of nitrogens with one attached hydrogen (secondary N) is 10. The first kappa shape index (κ1) is 58.8. The molecule has 0 aliphatic carbocycles. The predicted molar refractivity (Wildman–Crippen MR) is 287 cm³/mol. The van der Waals surface area contributed by atoms with Gasteiger partial charge in [-0.15, -0.1) is 0 Å². The summed E-state index contributed by atoms with van der Waals surface area (Å²) in [5, 5.41) is 34.0. The fourth-order valence-electron chi connectivity index (χ4n) is 8.39. The number of carbonyl (C=O) groups excluding carboxylic acids is 10. The number of benzene rings is 2. The molecule has 17 N–H and O–H groups in total. The maximum atomic E-state index is 14.7. The maximum Gasteiger partial charge on any atom is 0.325 e. The van der Waals surface area contributed by atoms with Crippen LogP contribution in [0.15, 0.2) is 70.8 Å². The molecule has 2 unspecified atom stereocenters. The zero-order valence-corrected chi connectivity index (χ0v) is 43.6. The van der Waals surface area contributed by atoms with Gasteiger partial charge in [0.2, 0.25) is 47.3 Å². The van der Waals surface area contributed by atoms with E-state index in [1.54, 1.807) is 54.7 Å². The highest BCUT2D eigenvalue weighted by molar-refractivity contribution is 8.76. The standard InChI is InChI=1S/C48H62N16O12S2/c49-40(69)35-22-77-78-23-36(57-37(65)21-64-38(66)20-55-48(64)76)46(75)59-31(12-13-39(67)68)42(71)62-34(17-27-19-52-24-56-27)45(74)60-32(15-25-7-2-1-3-8-25)43(72)58-30(11-6-14-53-47(50)51)41(70)61-33(44(73)63-35)16-26-18-54-29-10-5-4-9-28(26)29/h1-5,7-10,18,24,27,30-36,54H,6,11-17,19-23H2,(H2,49,69)(H,52,56)(H,55,76)(H,57,65)(H,58,72)(H,59,75)(H,60,74)(H,61,70)(H,62,71)(H,63,73)(H,67,68)(H4,50,51,53)/t27?,30-,31-,32+,33?,34-,35-,36-/m0/s1. The van der Waals surface area contributed by atoms with Gasteiger partial charge in [0.1, 0.15) is 48.8 Å². The first-order chi connectivity index (χ1) is 37.3. The molecule has 11 amide bonds. The van der Waals surface area contributed by atoms with Gasteiger partial charge in [0.25, 0.3) is 5.91 Å². The third-order valence-corrected chi connectivity index (χ3v) is 14.9. The Balaban J connectivity index is 1.39. The molecule has 3 aliphatic rings. The van der Waals surface area contributed by atoms with Crippen LogP contribution in [-0.2, 0) is 60.8 Å². The number of para-hydroxylation sites is 1. The number of hydrogen-bond donors (Lipinski definition) is 14. The smallest absolute Gasteiger partial charge is 0.325 e. The van der Waals surface area contributed by atoms with Crippen LogP contribution in [0.2, 0.25) is 0 Å². The van der Waals surface area contributed by atoms with Crippen LogP contribution in [0.5, 0.6) is 0 Å². The number of urea groups is 1. The highest BCUT2D eigenvalue weighted by atomic mass is 33.1. The molecule has 3 aromatic rings. The summed E-state index contributed by atoms with van der Waals surface area (Å²) in [5.41, 5.74) is 18.8. The average Bonchev–Trinajstić information content (AvgIpc) is 4.16. The van der Waals surface area contributed by atoms with Gasteiger partial charge in [0, 0.05) is 60.5 Å². The Morgan fingerprint density at radius 1 is 0.731 bits per heavy atom. The second-order valence-corrected chi connectivity index (χ2v) is 20.9. The number of aromatic nitrogens is 1. The van der Waals surface area contributed by atoms with Crippen molar-refractivity contribution in [2.24, 2.45) is 27.2 Å². The molecule has 2 fully saturated rings. The summed E-state index contributed by atoms with van der Waals surface area (Å²) in [5.74, 6) is -10.4. The molecule has 0 bridgehead atoms. The van der Waals surface area contributed by atoms with Crippen LogP contribution in [0.25, 0.3) is 10.9 Å². The minimum Gasteiger partial charge on any atom is -0.481 e. The lowest BCUT2D eigenvalue weighted by Crippen LogP contribution is -2.61. The molecule has 2 saturated heterocycles. The molecule has 6 rings (SSSR count). The number of nitrogens with zero attached hydrogens (tertiary/aromatic N) is 3. The number of hydrogen-bond acceptors (Lipinski definition) is 16. The normalized spacial score (nSPS) is 24.1. The van der Waals surface area contributed by atoms with E-state index in [0.29, 0.717) is 21.4 Å². The van der Waals surface area contributed by atoms with E-state index in [9.17, 15) is 57.8 Å². The number of primary amides is 1. The van der Waals surface area contributed by atoms with E-state index < -0.39 is 133 Å². The third-order valence-electron chi connectivity index (χ3n) is 12.5.